The molecule has 3 rings (SSSR count). The minimum Gasteiger partial charge on any atom is -0.495 e. The molecule has 0 aromatic heterocycles. The zero-order chi connectivity index (χ0) is 22.8. The number of rotatable bonds is 5. The van der Waals surface area contributed by atoms with E-state index < -0.39 is 27.4 Å². The Morgan fingerprint density at radius 3 is 2.65 bits per heavy atom. The number of alkyl carbamates (subject to hydrolysis) is 1. The van der Waals surface area contributed by atoms with Crippen molar-refractivity contribution in [3.63, 3.8) is 0 Å². The normalized spacial score (nSPS) is 23.5. The summed E-state index contributed by atoms with van der Waals surface area (Å²) in [6, 6.07) is 6.91. The van der Waals surface area contributed by atoms with E-state index in [2.05, 4.69) is 10.3 Å². The van der Waals surface area contributed by atoms with Crippen LogP contribution < -0.4 is 15.0 Å². The molecular weight excluding hydrogens is 442 g/mol. The maximum absolute atomic E-state index is 12.5. The van der Waals surface area contributed by atoms with Crippen molar-refractivity contribution in [1.29, 1.82) is 0 Å². The molecule has 2 heterocycles. The lowest BCUT2D eigenvalue weighted by atomic mass is 10.2. The van der Waals surface area contributed by atoms with Gasteiger partial charge in [0.25, 0.3) is 0 Å². The molecule has 0 radical (unpaired) electrons. The van der Waals surface area contributed by atoms with Crippen molar-refractivity contribution >= 4 is 44.5 Å². The molecule has 2 atom stereocenters. The highest BCUT2D eigenvalue weighted by molar-refractivity contribution is 8.16. The van der Waals surface area contributed by atoms with Crippen LogP contribution in [0.15, 0.2) is 29.3 Å². The average molecular weight is 470 g/mol. The van der Waals surface area contributed by atoms with Gasteiger partial charge in [-0.05, 0) is 32.9 Å². The molecule has 31 heavy (non-hydrogen) atoms. The van der Waals surface area contributed by atoms with Crippen molar-refractivity contribution in [2.75, 3.05) is 30.1 Å². The van der Waals surface area contributed by atoms with Crippen molar-refractivity contribution in [3.05, 3.63) is 24.3 Å². The van der Waals surface area contributed by atoms with Gasteiger partial charge in [0.2, 0.25) is 5.91 Å². The number of benzene rings is 1. The first-order chi connectivity index (χ1) is 14.5. The fourth-order valence-electron chi connectivity index (χ4n) is 3.42. The lowest BCUT2D eigenvalue weighted by Crippen LogP contribution is -2.38. The van der Waals surface area contributed by atoms with Gasteiger partial charge in [-0.2, -0.15) is 4.99 Å². The maximum Gasteiger partial charge on any atom is 0.407 e. The summed E-state index contributed by atoms with van der Waals surface area (Å²) in [7, 11) is -1.62. The number of amidine groups is 1. The van der Waals surface area contributed by atoms with Crippen LogP contribution in [-0.2, 0) is 19.4 Å². The molecule has 0 saturated carbocycles. The van der Waals surface area contributed by atoms with Crippen molar-refractivity contribution < 1.29 is 27.5 Å². The highest BCUT2D eigenvalue weighted by atomic mass is 32.2. The Labute approximate surface area is 186 Å². The molecule has 1 aromatic carbocycles. The quantitative estimate of drug-likeness (QED) is 0.698. The number of carbonyl (C=O) groups excluding carboxylic acids is 2. The number of aliphatic imine (C=N–C) groups is 1. The molecule has 0 spiro atoms. The first-order valence-electron chi connectivity index (χ1n) is 9.87. The summed E-state index contributed by atoms with van der Waals surface area (Å²) in [4.78, 5) is 30.2. The van der Waals surface area contributed by atoms with Crippen LogP contribution >= 0.6 is 11.8 Å². The van der Waals surface area contributed by atoms with Crippen LogP contribution in [0.25, 0.3) is 0 Å². The Morgan fingerprint density at radius 2 is 1.97 bits per heavy atom. The largest absolute Gasteiger partial charge is 0.495 e. The van der Waals surface area contributed by atoms with Gasteiger partial charge in [-0.25, -0.2) is 13.2 Å². The number of thioether (sulfide) groups is 1. The monoisotopic (exact) mass is 469 g/mol. The molecule has 0 bridgehead atoms. The summed E-state index contributed by atoms with van der Waals surface area (Å²) in [6.07, 6.45) is -0.602. The number of nitrogens with zero attached hydrogens (tertiary/aromatic N) is 2. The first kappa shape index (κ1) is 23.4. The number of para-hydroxylation sites is 2. The van der Waals surface area contributed by atoms with Gasteiger partial charge in [-0.1, -0.05) is 23.9 Å². The zero-order valence-electron chi connectivity index (χ0n) is 18.0. The summed E-state index contributed by atoms with van der Waals surface area (Å²) in [6.45, 7) is 5.35. The molecular formula is C20H27N3O6S2. The molecule has 0 aliphatic carbocycles. The predicted molar refractivity (Wildman–Crippen MR) is 121 cm³/mol. The number of carbonyl (C=O) groups is 2. The average Bonchev–Trinajstić information content (AvgIpc) is 3.10. The summed E-state index contributed by atoms with van der Waals surface area (Å²) in [5.41, 5.74) is 0.0443. The lowest BCUT2D eigenvalue weighted by molar-refractivity contribution is -0.117. The molecule has 1 N–H and O–H groups in total. The van der Waals surface area contributed by atoms with Crippen molar-refractivity contribution in [3.8, 4) is 5.75 Å². The number of sulfone groups is 1. The highest BCUT2D eigenvalue weighted by Gasteiger charge is 2.50. The number of amides is 2. The van der Waals surface area contributed by atoms with Gasteiger partial charge in [0.05, 0.1) is 30.3 Å². The van der Waals surface area contributed by atoms with Gasteiger partial charge >= 0.3 is 6.09 Å². The molecule has 170 valence electrons. The third-order valence-corrected chi connectivity index (χ3v) is 7.85. The van der Waals surface area contributed by atoms with Crippen LogP contribution in [-0.4, -0.2) is 67.6 Å². The Morgan fingerprint density at radius 1 is 1.26 bits per heavy atom. The Kier molecular flexibility index (Phi) is 6.85. The number of hydrogen-bond donors (Lipinski definition) is 1. The van der Waals surface area contributed by atoms with E-state index in [0.29, 0.717) is 16.6 Å². The van der Waals surface area contributed by atoms with Crippen molar-refractivity contribution in [2.45, 2.75) is 44.1 Å². The van der Waals surface area contributed by atoms with Gasteiger partial charge in [0, 0.05) is 18.2 Å². The number of hydrogen-bond acceptors (Lipinski definition) is 7. The van der Waals surface area contributed by atoms with E-state index >= 15 is 0 Å². The van der Waals surface area contributed by atoms with E-state index in [0.717, 1.165) is 0 Å². The molecule has 11 heteroatoms. The second-order valence-electron chi connectivity index (χ2n) is 8.31. The minimum absolute atomic E-state index is 0.00327. The molecule has 2 amide bonds. The Balaban J connectivity index is 1.75. The van der Waals surface area contributed by atoms with Gasteiger partial charge in [0.1, 0.15) is 11.4 Å². The molecule has 0 unspecified atom stereocenters. The minimum atomic E-state index is -3.16. The lowest BCUT2D eigenvalue weighted by Gasteiger charge is -2.26. The van der Waals surface area contributed by atoms with E-state index in [1.165, 1.54) is 18.9 Å². The zero-order valence-corrected chi connectivity index (χ0v) is 19.6. The van der Waals surface area contributed by atoms with E-state index in [1.807, 2.05) is 18.2 Å². The SMILES string of the molecule is COc1ccccc1N1C(=NC(=O)CCNC(=O)OC(C)(C)C)S[C@@H]2CS(=O)(=O)C[C@H]21. The Bertz CT molecular complexity index is 987. The maximum atomic E-state index is 12.5. The number of nitrogens with one attached hydrogen (secondary N) is 1. The van der Waals surface area contributed by atoms with E-state index in [4.69, 9.17) is 9.47 Å². The summed E-state index contributed by atoms with van der Waals surface area (Å²) < 4.78 is 34.9. The van der Waals surface area contributed by atoms with Crippen LogP contribution in [0.1, 0.15) is 27.2 Å². The van der Waals surface area contributed by atoms with Gasteiger partial charge in [-0.15, -0.1) is 0 Å². The first-order valence-corrected chi connectivity index (χ1v) is 12.6. The third kappa shape index (κ3) is 5.91. The van der Waals surface area contributed by atoms with E-state index in [9.17, 15) is 18.0 Å². The van der Waals surface area contributed by atoms with Gasteiger partial charge in [-0.3, -0.25) is 4.79 Å². The van der Waals surface area contributed by atoms with Crippen molar-refractivity contribution in [2.24, 2.45) is 4.99 Å². The number of ether oxygens (including phenoxy) is 2. The molecule has 1 aromatic rings. The number of anilines is 1. The topological polar surface area (TPSA) is 114 Å². The van der Waals surface area contributed by atoms with Crippen LogP contribution in [0.2, 0.25) is 0 Å². The van der Waals surface area contributed by atoms with Crippen LogP contribution in [0.4, 0.5) is 10.5 Å². The van der Waals surface area contributed by atoms with Gasteiger partial charge in [0.15, 0.2) is 15.0 Å². The standard InChI is InChI=1S/C20H27N3O6S2/c1-20(2,3)29-19(25)21-10-9-17(24)22-18-23(13-7-5-6-8-15(13)28-4)14-11-31(26,27)12-16(14)30-18/h5-8,14,16H,9-12H2,1-4H3,(H,21,25)/t14-,16-/m1/s1. The predicted octanol–water partition coefficient (Wildman–Crippen LogP) is 2.21. The third-order valence-electron chi connectivity index (χ3n) is 4.64. The summed E-state index contributed by atoms with van der Waals surface area (Å²) >= 11 is 1.29. The summed E-state index contributed by atoms with van der Waals surface area (Å²) in [5.74, 6) is 0.193. The molecule has 2 saturated heterocycles. The Hall–Kier alpha value is -2.27. The second-order valence-corrected chi connectivity index (χ2v) is 11.7. The van der Waals surface area contributed by atoms with Crippen molar-refractivity contribution in [1.82, 2.24) is 5.32 Å². The van der Waals surface area contributed by atoms with Gasteiger partial charge < -0.3 is 19.7 Å². The fourth-order valence-corrected chi connectivity index (χ4v) is 7.35. The summed E-state index contributed by atoms with van der Waals surface area (Å²) in [5, 5.41) is 2.77. The molecule has 2 aliphatic rings. The smallest absolute Gasteiger partial charge is 0.407 e. The van der Waals surface area contributed by atoms with E-state index in [1.54, 1.807) is 31.7 Å². The van der Waals surface area contributed by atoms with Crippen LogP contribution in [0.5, 0.6) is 5.75 Å². The van der Waals surface area contributed by atoms with Crippen LogP contribution in [0, 0.1) is 0 Å². The highest BCUT2D eigenvalue weighted by Crippen LogP contribution is 2.43. The van der Waals surface area contributed by atoms with Crippen LogP contribution in [0.3, 0.4) is 0 Å². The fraction of sp³-hybridized carbons (Fsp3) is 0.550. The molecule has 2 aliphatic heterocycles. The second kappa shape index (κ2) is 9.07. The number of fused-ring (bicyclic) bond motifs is 1. The van der Waals surface area contributed by atoms with E-state index in [-0.39, 0.29) is 35.8 Å². The number of methoxy groups -OCH3 is 1. The molecule has 9 nitrogen and oxygen atoms in total. The molecule has 2 fully saturated rings.